The summed E-state index contributed by atoms with van der Waals surface area (Å²) in [6.07, 6.45) is 1.61. The second-order valence-corrected chi connectivity index (χ2v) is 6.96. The number of hydrogen-bond acceptors (Lipinski definition) is 4. The van der Waals surface area contributed by atoms with Crippen LogP contribution in [-0.4, -0.2) is 29.3 Å². The second-order valence-electron chi connectivity index (χ2n) is 6.96. The van der Waals surface area contributed by atoms with E-state index in [9.17, 15) is 9.59 Å². The number of hydrazone groups is 1. The zero-order chi connectivity index (χ0) is 21.7. The zero-order valence-corrected chi connectivity index (χ0v) is 17.6. The van der Waals surface area contributed by atoms with Crippen LogP contribution in [0.5, 0.6) is 0 Å². The summed E-state index contributed by atoms with van der Waals surface area (Å²) < 4.78 is 7.17. The quantitative estimate of drug-likeness (QED) is 0.378. The van der Waals surface area contributed by atoms with E-state index in [1.165, 1.54) is 0 Å². The number of rotatable bonds is 6. The lowest BCUT2D eigenvalue weighted by Gasteiger charge is -2.14. The highest BCUT2D eigenvalue weighted by Gasteiger charge is 2.17. The number of hydrogen-bond donors (Lipinski definition) is 1. The molecule has 1 amide bonds. The standard InChI is InChI=1S/C24H25N3O3/c1-5-30-24(29)21-8-6-7-9-22(21)27-17(3)14-20(18(27)4)15-25-26-23(28)19-12-10-16(2)11-13-19/h6-15H,5H2,1-4H3,(H,26,28)/b25-15-. The molecule has 3 rings (SSSR count). The van der Waals surface area contributed by atoms with Gasteiger partial charge in [0.05, 0.1) is 24.1 Å². The molecule has 0 aliphatic heterocycles. The maximum absolute atomic E-state index is 12.4. The molecule has 30 heavy (non-hydrogen) atoms. The molecule has 0 fully saturated rings. The molecule has 0 aliphatic rings. The van der Waals surface area contributed by atoms with E-state index in [4.69, 9.17) is 4.74 Å². The lowest BCUT2D eigenvalue weighted by atomic mass is 10.1. The molecule has 154 valence electrons. The summed E-state index contributed by atoms with van der Waals surface area (Å²) in [5.74, 6) is -0.631. The highest BCUT2D eigenvalue weighted by molar-refractivity contribution is 5.95. The van der Waals surface area contributed by atoms with Gasteiger partial charge in [0, 0.05) is 22.5 Å². The van der Waals surface area contributed by atoms with Gasteiger partial charge in [-0.3, -0.25) is 4.79 Å². The summed E-state index contributed by atoms with van der Waals surface area (Å²) in [5, 5.41) is 4.11. The van der Waals surface area contributed by atoms with Crippen molar-refractivity contribution in [2.24, 2.45) is 5.10 Å². The van der Waals surface area contributed by atoms with Crippen LogP contribution in [0.4, 0.5) is 0 Å². The van der Waals surface area contributed by atoms with Crippen molar-refractivity contribution in [3.8, 4) is 5.69 Å². The summed E-state index contributed by atoms with van der Waals surface area (Å²) in [7, 11) is 0. The van der Waals surface area contributed by atoms with Crippen molar-refractivity contribution in [1.29, 1.82) is 0 Å². The maximum atomic E-state index is 12.4. The number of aryl methyl sites for hydroxylation is 2. The Balaban J connectivity index is 1.85. The third kappa shape index (κ3) is 4.49. The minimum Gasteiger partial charge on any atom is -0.462 e. The minimum absolute atomic E-state index is 0.271. The third-order valence-corrected chi connectivity index (χ3v) is 4.79. The fourth-order valence-electron chi connectivity index (χ4n) is 3.27. The fourth-order valence-corrected chi connectivity index (χ4v) is 3.27. The van der Waals surface area contributed by atoms with E-state index in [1.54, 1.807) is 31.3 Å². The highest BCUT2D eigenvalue weighted by Crippen LogP contribution is 2.23. The SMILES string of the molecule is CCOC(=O)c1ccccc1-n1c(C)cc(/C=N\NC(=O)c2ccc(C)cc2)c1C. The normalized spacial score (nSPS) is 10.9. The molecule has 2 aromatic carbocycles. The first-order valence-electron chi connectivity index (χ1n) is 9.78. The van der Waals surface area contributed by atoms with Gasteiger partial charge in [-0.15, -0.1) is 0 Å². The van der Waals surface area contributed by atoms with E-state index in [0.29, 0.717) is 17.7 Å². The molecule has 0 saturated carbocycles. The van der Waals surface area contributed by atoms with Gasteiger partial charge in [-0.05, 0) is 58.0 Å². The molecule has 0 spiro atoms. The molecule has 1 N–H and O–H groups in total. The van der Waals surface area contributed by atoms with Gasteiger partial charge in [0.1, 0.15) is 0 Å². The van der Waals surface area contributed by atoms with Gasteiger partial charge >= 0.3 is 5.97 Å². The van der Waals surface area contributed by atoms with Gasteiger partial charge in [-0.2, -0.15) is 5.10 Å². The van der Waals surface area contributed by atoms with Crippen LogP contribution in [0.3, 0.4) is 0 Å². The number of nitrogens with zero attached hydrogens (tertiary/aromatic N) is 2. The Hall–Kier alpha value is -3.67. The average Bonchev–Trinajstić information content (AvgIpc) is 3.01. The van der Waals surface area contributed by atoms with Crippen molar-refractivity contribution >= 4 is 18.1 Å². The minimum atomic E-state index is -0.360. The molecule has 6 nitrogen and oxygen atoms in total. The van der Waals surface area contributed by atoms with E-state index in [1.807, 2.05) is 61.7 Å². The largest absolute Gasteiger partial charge is 0.462 e. The van der Waals surface area contributed by atoms with Crippen LogP contribution < -0.4 is 5.43 Å². The number of carbonyl (C=O) groups excluding carboxylic acids is 2. The van der Waals surface area contributed by atoms with Crippen LogP contribution in [-0.2, 0) is 4.74 Å². The van der Waals surface area contributed by atoms with Crippen molar-refractivity contribution in [3.63, 3.8) is 0 Å². The van der Waals surface area contributed by atoms with Crippen molar-refractivity contribution in [2.75, 3.05) is 6.61 Å². The molecule has 0 unspecified atom stereocenters. The third-order valence-electron chi connectivity index (χ3n) is 4.79. The molecular weight excluding hydrogens is 378 g/mol. The Morgan fingerprint density at radius 1 is 1.07 bits per heavy atom. The first-order chi connectivity index (χ1) is 14.4. The molecular formula is C24H25N3O3. The summed E-state index contributed by atoms with van der Waals surface area (Å²) in [6.45, 7) is 7.96. The van der Waals surface area contributed by atoms with Crippen LogP contribution >= 0.6 is 0 Å². The number of amides is 1. The first kappa shape index (κ1) is 21.0. The molecule has 0 radical (unpaired) electrons. The molecule has 0 saturated heterocycles. The van der Waals surface area contributed by atoms with Crippen LogP contribution in [0.2, 0.25) is 0 Å². The van der Waals surface area contributed by atoms with Crippen molar-refractivity contribution < 1.29 is 14.3 Å². The summed E-state index contributed by atoms with van der Waals surface area (Å²) in [6, 6.07) is 16.6. The van der Waals surface area contributed by atoms with Crippen LogP contribution in [0.1, 0.15) is 50.2 Å². The number of aromatic nitrogens is 1. The topological polar surface area (TPSA) is 72.7 Å². The Morgan fingerprint density at radius 2 is 1.77 bits per heavy atom. The number of benzene rings is 2. The van der Waals surface area contributed by atoms with E-state index in [2.05, 4.69) is 10.5 Å². The monoisotopic (exact) mass is 403 g/mol. The van der Waals surface area contributed by atoms with Gasteiger partial charge in [-0.1, -0.05) is 29.8 Å². The molecule has 1 heterocycles. The average molecular weight is 403 g/mol. The lowest BCUT2D eigenvalue weighted by Crippen LogP contribution is -2.17. The van der Waals surface area contributed by atoms with E-state index in [-0.39, 0.29) is 11.9 Å². The number of esters is 1. The van der Waals surface area contributed by atoms with E-state index < -0.39 is 0 Å². The van der Waals surface area contributed by atoms with Crippen molar-refractivity contribution in [2.45, 2.75) is 27.7 Å². The Labute approximate surface area is 176 Å². The lowest BCUT2D eigenvalue weighted by molar-refractivity contribution is 0.0526. The Morgan fingerprint density at radius 3 is 2.47 bits per heavy atom. The first-order valence-corrected chi connectivity index (χ1v) is 9.78. The van der Waals surface area contributed by atoms with Gasteiger partial charge in [0.15, 0.2) is 0 Å². The van der Waals surface area contributed by atoms with Crippen LogP contribution in [0.25, 0.3) is 5.69 Å². The van der Waals surface area contributed by atoms with Crippen LogP contribution in [0.15, 0.2) is 59.7 Å². The van der Waals surface area contributed by atoms with Gasteiger partial charge in [0.2, 0.25) is 0 Å². The number of carbonyl (C=O) groups is 2. The van der Waals surface area contributed by atoms with Crippen molar-refractivity contribution in [3.05, 3.63) is 88.2 Å². The predicted octanol–water partition coefficient (Wildman–Crippen LogP) is 4.34. The molecule has 0 atom stereocenters. The molecule has 0 aliphatic carbocycles. The molecule has 6 heteroatoms. The fraction of sp³-hybridized carbons (Fsp3) is 0.208. The molecule has 3 aromatic rings. The summed E-state index contributed by atoms with van der Waals surface area (Å²) >= 11 is 0. The predicted molar refractivity (Wildman–Crippen MR) is 117 cm³/mol. The smallest absolute Gasteiger partial charge is 0.340 e. The van der Waals surface area contributed by atoms with Gasteiger partial charge in [-0.25, -0.2) is 10.2 Å². The number of nitrogens with one attached hydrogen (secondary N) is 1. The number of ether oxygens (including phenoxy) is 1. The van der Waals surface area contributed by atoms with Gasteiger partial charge in [0.25, 0.3) is 5.91 Å². The van der Waals surface area contributed by atoms with Gasteiger partial charge < -0.3 is 9.30 Å². The van der Waals surface area contributed by atoms with Crippen molar-refractivity contribution in [1.82, 2.24) is 9.99 Å². The van der Waals surface area contributed by atoms with E-state index in [0.717, 1.165) is 28.2 Å². The zero-order valence-electron chi connectivity index (χ0n) is 17.6. The maximum Gasteiger partial charge on any atom is 0.340 e. The summed E-state index contributed by atoms with van der Waals surface area (Å²) in [4.78, 5) is 24.6. The molecule has 1 aromatic heterocycles. The summed E-state index contributed by atoms with van der Waals surface area (Å²) in [5.41, 5.74) is 8.12. The van der Waals surface area contributed by atoms with Crippen LogP contribution in [0, 0.1) is 20.8 Å². The van der Waals surface area contributed by atoms with E-state index >= 15 is 0 Å². The highest BCUT2D eigenvalue weighted by atomic mass is 16.5. The number of para-hydroxylation sites is 1. The molecule has 0 bridgehead atoms. The Bertz CT molecular complexity index is 1100. The Kier molecular flexibility index (Phi) is 6.47. The second kappa shape index (κ2) is 9.22.